The third-order valence-corrected chi connectivity index (χ3v) is 2.63. The number of rotatable bonds is 5. The van der Waals surface area contributed by atoms with Gasteiger partial charge in [0.15, 0.2) is 0 Å². The smallest absolute Gasteiger partial charge is 0.128 e. The molecule has 0 aromatic carbocycles. The first-order valence-corrected chi connectivity index (χ1v) is 5.57. The Kier molecular flexibility index (Phi) is 4.71. The maximum atomic E-state index is 9.29. The molecule has 4 heteroatoms. The Bertz CT molecular complexity index is 311. The topological polar surface area (TPSA) is 48.4 Å². The van der Waals surface area contributed by atoms with Crippen molar-refractivity contribution in [3.05, 3.63) is 23.9 Å². The van der Waals surface area contributed by atoms with Gasteiger partial charge in [-0.2, -0.15) is 0 Å². The van der Waals surface area contributed by atoms with Gasteiger partial charge in [-0.25, -0.2) is 4.98 Å². The normalized spacial score (nSPS) is 14.6. The van der Waals surface area contributed by atoms with Crippen LogP contribution in [0.2, 0.25) is 0 Å². The van der Waals surface area contributed by atoms with E-state index in [-0.39, 0.29) is 6.10 Å². The average Bonchev–Trinajstić information content (AvgIpc) is 2.27. The monoisotopic (exact) mass is 223 g/mol. The first-order valence-electron chi connectivity index (χ1n) is 5.57. The summed E-state index contributed by atoms with van der Waals surface area (Å²) in [7, 11) is 3.86. The van der Waals surface area contributed by atoms with Crippen LogP contribution in [0.3, 0.4) is 0 Å². The van der Waals surface area contributed by atoms with Crippen LogP contribution in [0.25, 0.3) is 0 Å². The molecule has 0 saturated carbocycles. The van der Waals surface area contributed by atoms with Crippen molar-refractivity contribution in [1.82, 2.24) is 10.3 Å². The van der Waals surface area contributed by atoms with Crippen molar-refractivity contribution in [2.45, 2.75) is 26.0 Å². The van der Waals surface area contributed by atoms with Gasteiger partial charge < -0.3 is 15.3 Å². The number of hydrogen-bond acceptors (Lipinski definition) is 4. The molecule has 1 aromatic heterocycles. The highest BCUT2D eigenvalue weighted by Crippen LogP contribution is 2.14. The molecule has 0 amide bonds. The fourth-order valence-electron chi connectivity index (χ4n) is 1.54. The molecule has 0 fully saturated rings. The van der Waals surface area contributed by atoms with E-state index >= 15 is 0 Å². The molecule has 2 atom stereocenters. The van der Waals surface area contributed by atoms with Crippen LogP contribution in [0.15, 0.2) is 18.3 Å². The van der Waals surface area contributed by atoms with Crippen LogP contribution in [0.1, 0.15) is 25.5 Å². The van der Waals surface area contributed by atoms with E-state index in [2.05, 4.69) is 23.3 Å². The Morgan fingerprint density at radius 3 is 2.56 bits per heavy atom. The molecule has 4 nitrogen and oxygen atoms in total. The Labute approximate surface area is 97.3 Å². The predicted molar refractivity (Wildman–Crippen MR) is 66.7 cm³/mol. The van der Waals surface area contributed by atoms with Crippen LogP contribution in [0, 0.1) is 0 Å². The van der Waals surface area contributed by atoms with Crippen molar-refractivity contribution in [3.63, 3.8) is 0 Å². The van der Waals surface area contributed by atoms with E-state index in [0.29, 0.717) is 12.6 Å². The van der Waals surface area contributed by atoms with Gasteiger partial charge >= 0.3 is 0 Å². The maximum Gasteiger partial charge on any atom is 0.128 e. The lowest BCUT2D eigenvalue weighted by Gasteiger charge is -2.20. The Hall–Kier alpha value is -1.13. The average molecular weight is 223 g/mol. The third-order valence-electron chi connectivity index (χ3n) is 2.63. The van der Waals surface area contributed by atoms with Gasteiger partial charge in [-0.15, -0.1) is 0 Å². The number of anilines is 1. The van der Waals surface area contributed by atoms with Gasteiger partial charge in [-0.05, 0) is 32.5 Å². The molecule has 0 aliphatic rings. The molecule has 1 aromatic rings. The summed E-state index contributed by atoms with van der Waals surface area (Å²) in [6.07, 6.45) is 1.53. The molecule has 0 aliphatic heterocycles. The van der Waals surface area contributed by atoms with Crippen molar-refractivity contribution in [2.75, 3.05) is 25.5 Å². The van der Waals surface area contributed by atoms with E-state index < -0.39 is 0 Å². The molecule has 0 aliphatic carbocycles. The Balaban J connectivity index is 2.70. The molecule has 16 heavy (non-hydrogen) atoms. The zero-order chi connectivity index (χ0) is 12.1. The number of nitrogens with zero attached hydrogens (tertiary/aromatic N) is 2. The van der Waals surface area contributed by atoms with Gasteiger partial charge in [-0.3, -0.25) is 0 Å². The van der Waals surface area contributed by atoms with Crippen molar-refractivity contribution in [3.8, 4) is 0 Å². The van der Waals surface area contributed by atoms with E-state index in [1.54, 1.807) is 6.92 Å². The molecule has 0 saturated heterocycles. The van der Waals surface area contributed by atoms with Gasteiger partial charge in [0.25, 0.3) is 0 Å². The van der Waals surface area contributed by atoms with Crippen LogP contribution in [0.4, 0.5) is 5.82 Å². The summed E-state index contributed by atoms with van der Waals surface area (Å²) < 4.78 is 0. The van der Waals surface area contributed by atoms with E-state index in [1.807, 2.05) is 31.3 Å². The minimum Gasteiger partial charge on any atom is -0.392 e. The van der Waals surface area contributed by atoms with Gasteiger partial charge in [0, 0.05) is 25.8 Å². The quantitative estimate of drug-likeness (QED) is 0.787. The first kappa shape index (κ1) is 12.9. The lowest BCUT2D eigenvalue weighted by molar-refractivity contribution is 0.201. The maximum absolute atomic E-state index is 9.29. The molecular weight excluding hydrogens is 202 g/mol. The standard InChI is InChI=1S/C12H21N3O/c1-9(16)8-15(4)12-6-5-11(7-14-12)10(2)13-3/h5-7,9-10,13,16H,8H2,1-4H3. The van der Waals surface area contributed by atoms with Crippen LogP contribution >= 0.6 is 0 Å². The second kappa shape index (κ2) is 5.82. The predicted octanol–water partition coefficient (Wildman–Crippen LogP) is 1.18. The highest BCUT2D eigenvalue weighted by Gasteiger charge is 2.07. The van der Waals surface area contributed by atoms with Crippen molar-refractivity contribution in [2.24, 2.45) is 0 Å². The number of pyridine rings is 1. The summed E-state index contributed by atoms with van der Waals surface area (Å²) in [6, 6.07) is 4.34. The molecule has 0 radical (unpaired) electrons. The molecule has 1 rings (SSSR count). The number of hydrogen-bond donors (Lipinski definition) is 2. The zero-order valence-electron chi connectivity index (χ0n) is 10.4. The summed E-state index contributed by atoms with van der Waals surface area (Å²) in [4.78, 5) is 6.32. The molecule has 2 unspecified atom stereocenters. The lowest BCUT2D eigenvalue weighted by Crippen LogP contribution is -2.27. The van der Waals surface area contributed by atoms with Crippen molar-refractivity contribution in [1.29, 1.82) is 0 Å². The van der Waals surface area contributed by atoms with Crippen LogP contribution in [-0.2, 0) is 0 Å². The SMILES string of the molecule is CNC(C)c1ccc(N(C)CC(C)O)nc1. The number of likely N-dealkylation sites (N-methyl/N-ethyl adjacent to an activating group) is 1. The molecule has 0 bridgehead atoms. The van der Waals surface area contributed by atoms with Crippen LogP contribution in [-0.4, -0.2) is 36.8 Å². The van der Waals surface area contributed by atoms with Crippen molar-refractivity contribution >= 4 is 5.82 Å². The molecule has 90 valence electrons. The minimum atomic E-state index is -0.345. The number of aromatic nitrogens is 1. The summed E-state index contributed by atoms with van der Waals surface area (Å²) >= 11 is 0. The second-order valence-electron chi connectivity index (χ2n) is 4.19. The fraction of sp³-hybridized carbons (Fsp3) is 0.583. The summed E-state index contributed by atoms with van der Waals surface area (Å²) in [5.41, 5.74) is 1.16. The van der Waals surface area contributed by atoms with Crippen LogP contribution < -0.4 is 10.2 Å². The van der Waals surface area contributed by atoms with Gasteiger partial charge in [0.2, 0.25) is 0 Å². The van der Waals surface area contributed by atoms with Gasteiger partial charge in [-0.1, -0.05) is 6.07 Å². The van der Waals surface area contributed by atoms with E-state index in [1.165, 1.54) is 0 Å². The fourth-order valence-corrected chi connectivity index (χ4v) is 1.54. The number of nitrogens with one attached hydrogen (secondary N) is 1. The van der Waals surface area contributed by atoms with Gasteiger partial charge in [0.05, 0.1) is 6.10 Å². The van der Waals surface area contributed by atoms with Crippen LogP contribution in [0.5, 0.6) is 0 Å². The molecular formula is C12H21N3O. The molecule has 0 spiro atoms. The highest BCUT2D eigenvalue weighted by molar-refractivity contribution is 5.38. The summed E-state index contributed by atoms with van der Waals surface area (Å²) in [5.74, 6) is 0.882. The van der Waals surface area contributed by atoms with E-state index in [0.717, 1.165) is 11.4 Å². The number of aliphatic hydroxyl groups excluding tert-OH is 1. The number of aliphatic hydroxyl groups is 1. The summed E-state index contributed by atoms with van der Waals surface area (Å²) in [6.45, 7) is 4.46. The largest absolute Gasteiger partial charge is 0.392 e. The van der Waals surface area contributed by atoms with E-state index in [9.17, 15) is 5.11 Å². The molecule has 2 N–H and O–H groups in total. The van der Waals surface area contributed by atoms with Gasteiger partial charge in [0.1, 0.15) is 5.82 Å². The minimum absolute atomic E-state index is 0.309. The second-order valence-corrected chi connectivity index (χ2v) is 4.19. The first-order chi connectivity index (χ1) is 7.54. The summed E-state index contributed by atoms with van der Waals surface area (Å²) in [5, 5.41) is 12.5. The highest BCUT2D eigenvalue weighted by atomic mass is 16.3. The lowest BCUT2D eigenvalue weighted by atomic mass is 10.1. The third kappa shape index (κ3) is 3.47. The molecule has 1 heterocycles. The van der Waals surface area contributed by atoms with E-state index in [4.69, 9.17) is 0 Å². The Morgan fingerprint density at radius 1 is 1.44 bits per heavy atom. The Morgan fingerprint density at radius 2 is 2.12 bits per heavy atom. The zero-order valence-corrected chi connectivity index (χ0v) is 10.4. The van der Waals surface area contributed by atoms with Crippen molar-refractivity contribution < 1.29 is 5.11 Å².